The van der Waals surface area contributed by atoms with Crippen LogP contribution in [0.2, 0.25) is 0 Å². The maximum Gasteiger partial charge on any atom is 2.00 e. The number of ether oxygens (including phenoxy) is 2. The Labute approximate surface area is 404 Å². The molecule has 0 radical (unpaired) electrons. The summed E-state index contributed by atoms with van der Waals surface area (Å²) in [5.41, 5.74) is 9.48. The minimum atomic E-state index is -1.18. The van der Waals surface area contributed by atoms with Gasteiger partial charge in [0, 0.05) is 6.42 Å². The quantitative estimate of drug-likeness (QED) is 0.0650. The standard InChI is InChI=1S/C55H74N4O5.Mg/c1-13-39-35(8)42-28-44-37(10)41(24-25-48(60)64-27-26-34(7)23-17-22-33(6)21-16-20-32(5)19-15-18-31(3)4)52(58-44)50-51(55(62)63-12)54(61)49-38(11)45(59-53(49)50)30-47-40(14-2)36(9)43(57-47)29-46(39)56-42;/h13,26,28-33,37,41,51-52,61H,1,14-25,27H2,2-12H3;/q-4;+2/p-1/b34-26+,43-29-,44-28-,47-30-;/t32-,33-,37+,41+,51-,52?;/m1./s1. The molecule has 6 rings (SSSR count). The molecule has 10 heteroatoms. The number of hydrogen-bond acceptors (Lipinski definition) is 5. The molecule has 3 aromatic rings. The van der Waals surface area contributed by atoms with Crippen LogP contribution in [0.4, 0.5) is 0 Å². The summed E-state index contributed by atoms with van der Waals surface area (Å²) in [5.74, 6) is -0.495. The van der Waals surface area contributed by atoms with Crippen LogP contribution in [0.25, 0.3) is 41.0 Å². The van der Waals surface area contributed by atoms with Crippen LogP contribution in [0, 0.1) is 56.3 Å². The van der Waals surface area contributed by atoms with Crippen molar-refractivity contribution in [1.82, 2.24) is 15.0 Å². The van der Waals surface area contributed by atoms with E-state index in [2.05, 4.69) is 62.0 Å². The average Bonchev–Trinajstić information content (AvgIpc) is 3.99. The Hall–Kier alpha value is -4.15. The van der Waals surface area contributed by atoms with Crippen molar-refractivity contribution in [3.8, 4) is 0 Å². The van der Waals surface area contributed by atoms with Crippen molar-refractivity contribution in [3.63, 3.8) is 0 Å². The van der Waals surface area contributed by atoms with Crippen LogP contribution in [0.15, 0.2) is 23.9 Å². The van der Waals surface area contributed by atoms with Gasteiger partial charge in [-0.05, 0) is 99.8 Å². The van der Waals surface area contributed by atoms with E-state index >= 15 is 0 Å². The van der Waals surface area contributed by atoms with Crippen LogP contribution in [-0.2, 0) is 25.5 Å². The number of carbonyl (C=O) groups is 2. The van der Waals surface area contributed by atoms with E-state index in [9.17, 15) is 14.7 Å². The van der Waals surface area contributed by atoms with Gasteiger partial charge in [-0.25, -0.2) is 0 Å². The fraction of sp³-hybridized carbons (Fsp3) is 0.564. The number of hydrogen-bond donors (Lipinski definition) is 0. The van der Waals surface area contributed by atoms with Gasteiger partial charge in [-0.1, -0.05) is 157 Å². The Kier molecular flexibility index (Phi) is 18.4. The number of fused-ring (bicyclic) bond motifs is 8. The third-order valence-corrected chi connectivity index (χ3v) is 14.5. The van der Waals surface area contributed by atoms with E-state index in [1.54, 1.807) is 0 Å². The van der Waals surface area contributed by atoms with Gasteiger partial charge in [0.25, 0.3) is 0 Å². The van der Waals surface area contributed by atoms with Crippen LogP contribution in [0.5, 0.6) is 0 Å². The van der Waals surface area contributed by atoms with E-state index < -0.39 is 17.9 Å². The first-order valence-corrected chi connectivity index (χ1v) is 24.1. The van der Waals surface area contributed by atoms with E-state index in [1.165, 1.54) is 57.6 Å². The van der Waals surface area contributed by atoms with Gasteiger partial charge in [0.05, 0.1) is 13.0 Å². The van der Waals surface area contributed by atoms with Crippen LogP contribution in [0.3, 0.4) is 0 Å². The molecule has 9 nitrogen and oxygen atoms in total. The molecule has 3 aromatic heterocycles. The first-order chi connectivity index (χ1) is 30.6. The second kappa shape index (κ2) is 23.0. The van der Waals surface area contributed by atoms with Crippen LogP contribution < -0.4 is 41.3 Å². The number of carbonyl (C=O) groups excluding carboxylic acids is 2. The van der Waals surface area contributed by atoms with Crippen molar-refractivity contribution in [2.45, 2.75) is 152 Å². The normalized spacial score (nSPS) is 21.7. The molecule has 1 fully saturated rings. The summed E-state index contributed by atoms with van der Waals surface area (Å²) in [6, 6.07) is -0.613. The zero-order valence-electron chi connectivity index (χ0n) is 41.4. The summed E-state index contributed by atoms with van der Waals surface area (Å²) in [6.45, 7) is 26.1. The third-order valence-electron chi connectivity index (χ3n) is 14.5. The summed E-state index contributed by atoms with van der Waals surface area (Å²) in [4.78, 5) is 42.3. The second-order valence-corrected chi connectivity index (χ2v) is 19.6. The molecule has 0 N–H and O–H groups in total. The van der Waals surface area contributed by atoms with Gasteiger partial charge < -0.3 is 34.8 Å². The second-order valence-electron chi connectivity index (χ2n) is 19.6. The largest absolute Gasteiger partial charge is 2.00 e. The molecule has 2 aliphatic heterocycles. The number of allylic oxidation sites excluding steroid dienone is 2. The summed E-state index contributed by atoms with van der Waals surface area (Å²) in [5, 5.41) is 22.2. The van der Waals surface area contributed by atoms with Crippen molar-refractivity contribution in [3.05, 3.63) is 95.4 Å². The Morgan fingerprint density at radius 1 is 0.846 bits per heavy atom. The van der Waals surface area contributed by atoms with E-state index in [1.807, 2.05) is 44.2 Å². The molecule has 3 aliphatic rings. The van der Waals surface area contributed by atoms with Crippen LogP contribution in [0.1, 0.15) is 164 Å². The molecule has 0 amide bonds. The van der Waals surface area contributed by atoms with E-state index in [4.69, 9.17) is 29.7 Å². The van der Waals surface area contributed by atoms with Crippen molar-refractivity contribution >= 4 is 70.6 Å². The maximum atomic E-state index is 14.4. The predicted octanol–water partition coefficient (Wildman–Crippen LogP) is 7.46. The van der Waals surface area contributed by atoms with Gasteiger partial charge in [-0.3, -0.25) is 9.59 Å². The van der Waals surface area contributed by atoms with Crippen molar-refractivity contribution in [2.24, 2.45) is 35.5 Å². The number of nitrogens with zero attached hydrogens (tertiary/aromatic N) is 4. The van der Waals surface area contributed by atoms with Gasteiger partial charge in [-0.15, -0.1) is 38.9 Å². The molecule has 65 heavy (non-hydrogen) atoms. The molecule has 1 aliphatic carbocycles. The van der Waals surface area contributed by atoms with Crippen molar-refractivity contribution in [1.29, 1.82) is 0 Å². The molecule has 1 unspecified atom stereocenters. The monoisotopic (exact) mass is 894 g/mol. The first kappa shape index (κ1) is 51.8. The van der Waals surface area contributed by atoms with Crippen LogP contribution >= 0.6 is 0 Å². The summed E-state index contributed by atoms with van der Waals surface area (Å²) in [6.07, 6.45) is 22.5. The smallest absolute Gasteiger partial charge is 0.874 e. The molecule has 6 atom stereocenters. The van der Waals surface area contributed by atoms with E-state index in [-0.39, 0.29) is 59.6 Å². The SMILES string of the molecule is C=Cc1c2[n-]c(c1C)/C=C1\[N-]C(C3=c4[n-]c(c(C)c4=C([O-])[C@@H]3C(=O)OC)/C=c3\[n-]/c(c(C)c3CC)=C\2)[C@@H](CCC(=O)OC/C=C(\C)CCC[C@H](C)CCC[C@H](C)CCCC(C)C)[C@@H]1C.[Mg+2]. The molecule has 0 spiro atoms. The van der Waals surface area contributed by atoms with Crippen molar-refractivity contribution < 1.29 is 24.2 Å². The number of esters is 2. The number of aromatic nitrogens is 3. The molecular weight excluding hydrogens is 821 g/mol. The Bertz CT molecular complexity index is 2510. The van der Waals surface area contributed by atoms with Crippen LogP contribution in [-0.4, -0.2) is 54.7 Å². The maximum absolute atomic E-state index is 14.4. The fourth-order valence-electron chi connectivity index (χ4n) is 10.3. The van der Waals surface area contributed by atoms with Gasteiger partial charge in [0.1, 0.15) is 6.61 Å². The number of rotatable bonds is 20. The van der Waals surface area contributed by atoms with Crippen molar-refractivity contribution in [2.75, 3.05) is 13.7 Å². The molecule has 8 bridgehead atoms. The molecule has 0 aromatic carbocycles. The fourth-order valence-corrected chi connectivity index (χ4v) is 10.3. The Morgan fingerprint density at radius 2 is 1.49 bits per heavy atom. The molecule has 0 saturated carbocycles. The van der Waals surface area contributed by atoms with E-state index in [0.29, 0.717) is 39.7 Å². The van der Waals surface area contributed by atoms with Gasteiger partial charge in [-0.2, -0.15) is 5.70 Å². The number of methoxy groups -OCH3 is 1. The molecule has 1 saturated heterocycles. The first-order valence-electron chi connectivity index (χ1n) is 24.1. The summed E-state index contributed by atoms with van der Waals surface area (Å²) in [7, 11) is 1.31. The molecule has 348 valence electrons. The van der Waals surface area contributed by atoms with E-state index in [0.717, 1.165) is 81.1 Å². The minimum Gasteiger partial charge on any atom is -0.874 e. The predicted molar refractivity (Wildman–Crippen MR) is 263 cm³/mol. The Morgan fingerprint density at radius 3 is 2.14 bits per heavy atom. The Balaban J connectivity index is 0.00000793. The third kappa shape index (κ3) is 11.7. The summed E-state index contributed by atoms with van der Waals surface area (Å²) >= 11 is 0. The zero-order valence-corrected chi connectivity index (χ0v) is 42.8. The van der Waals surface area contributed by atoms with Gasteiger partial charge >= 0.3 is 35.0 Å². The average molecular weight is 895 g/mol. The summed E-state index contributed by atoms with van der Waals surface area (Å²) < 4.78 is 11.1. The zero-order chi connectivity index (χ0) is 46.4. The minimum absolute atomic E-state index is 0. The van der Waals surface area contributed by atoms with Gasteiger partial charge in [0.15, 0.2) is 0 Å². The topological polar surface area (TPSA) is 132 Å². The molecular formula is C55H73MgN4O5-3. The van der Waals surface area contributed by atoms with Gasteiger partial charge in [0.2, 0.25) is 0 Å². The molecule has 5 heterocycles.